The van der Waals surface area contributed by atoms with E-state index in [9.17, 15) is 14.9 Å². The van der Waals surface area contributed by atoms with Crippen LogP contribution in [0.15, 0.2) is 18.2 Å². The lowest BCUT2D eigenvalue weighted by Gasteiger charge is -2.22. The van der Waals surface area contributed by atoms with Gasteiger partial charge in [-0.1, -0.05) is 0 Å². The highest BCUT2D eigenvalue weighted by Crippen LogP contribution is 2.39. The molecule has 0 radical (unpaired) electrons. The van der Waals surface area contributed by atoms with Crippen molar-refractivity contribution < 1.29 is 23.8 Å². The van der Waals surface area contributed by atoms with Gasteiger partial charge in [-0.25, -0.2) is 4.79 Å². The van der Waals surface area contributed by atoms with Crippen molar-refractivity contribution >= 4 is 11.9 Å². The summed E-state index contributed by atoms with van der Waals surface area (Å²) in [4.78, 5) is 24.1. The van der Waals surface area contributed by atoms with Crippen molar-refractivity contribution in [3.05, 3.63) is 23.8 Å². The summed E-state index contributed by atoms with van der Waals surface area (Å²) in [7, 11) is 1.51. The third kappa shape index (κ3) is 4.63. The van der Waals surface area contributed by atoms with Crippen LogP contribution in [0.1, 0.15) is 37.0 Å². The second-order valence-corrected chi connectivity index (χ2v) is 6.01. The van der Waals surface area contributed by atoms with E-state index in [4.69, 9.17) is 14.2 Å². The van der Waals surface area contributed by atoms with Gasteiger partial charge < -0.3 is 19.5 Å². The zero-order chi connectivity index (χ0) is 18.4. The summed E-state index contributed by atoms with van der Waals surface area (Å²) in [5.74, 6) is -0.0563. The van der Waals surface area contributed by atoms with Crippen molar-refractivity contribution in [2.75, 3.05) is 20.3 Å². The molecule has 1 aromatic carbocycles. The summed E-state index contributed by atoms with van der Waals surface area (Å²) < 4.78 is 15.6. The Morgan fingerprint density at radius 2 is 2.08 bits per heavy atom. The first kappa shape index (κ1) is 18.6. The fourth-order valence-electron chi connectivity index (χ4n) is 2.49. The van der Waals surface area contributed by atoms with E-state index in [0.29, 0.717) is 18.1 Å². The van der Waals surface area contributed by atoms with Gasteiger partial charge in [0.2, 0.25) is 0 Å². The Hall–Kier alpha value is -2.75. The minimum absolute atomic E-state index is 0.160. The highest BCUT2D eigenvalue weighted by Gasteiger charge is 2.43. The fourth-order valence-corrected chi connectivity index (χ4v) is 2.49. The third-order valence-corrected chi connectivity index (χ3v) is 4.06. The molecule has 7 heteroatoms. The molecule has 1 saturated carbocycles. The van der Waals surface area contributed by atoms with E-state index in [-0.39, 0.29) is 11.5 Å². The Balaban J connectivity index is 1.94. The van der Waals surface area contributed by atoms with Crippen LogP contribution in [-0.2, 0) is 9.53 Å². The van der Waals surface area contributed by atoms with Crippen LogP contribution in [0.3, 0.4) is 0 Å². The second-order valence-electron chi connectivity index (χ2n) is 6.01. The van der Waals surface area contributed by atoms with Crippen molar-refractivity contribution in [3.8, 4) is 17.6 Å². The van der Waals surface area contributed by atoms with E-state index in [1.54, 1.807) is 13.0 Å². The largest absolute Gasteiger partial charge is 0.493 e. The van der Waals surface area contributed by atoms with Crippen LogP contribution in [0.4, 0.5) is 0 Å². The standard InChI is InChI=1S/C18H22N2O5/c1-4-24-15-9-12(5-8-14(15)23-3)17(22)25-10-16(21)20-18(2,11-19)13-6-7-13/h5,8-9,13H,4,6-7,10H2,1-3H3,(H,20,21)/t18-/m1/s1. The van der Waals surface area contributed by atoms with Gasteiger partial charge >= 0.3 is 5.97 Å². The number of amides is 1. The van der Waals surface area contributed by atoms with Gasteiger partial charge in [0.25, 0.3) is 5.91 Å². The Bertz CT molecular complexity index is 693. The maximum atomic E-state index is 12.1. The number of hydrogen-bond acceptors (Lipinski definition) is 6. The van der Waals surface area contributed by atoms with Crippen LogP contribution >= 0.6 is 0 Å². The Morgan fingerprint density at radius 1 is 1.36 bits per heavy atom. The van der Waals surface area contributed by atoms with Crippen molar-refractivity contribution in [3.63, 3.8) is 0 Å². The lowest BCUT2D eigenvalue weighted by Crippen LogP contribution is -2.48. The number of esters is 1. The summed E-state index contributed by atoms with van der Waals surface area (Å²) in [5.41, 5.74) is -0.659. The molecule has 2 rings (SSSR count). The highest BCUT2D eigenvalue weighted by atomic mass is 16.5. The average molecular weight is 346 g/mol. The summed E-state index contributed by atoms with van der Waals surface area (Å²) in [5, 5.41) is 11.9. The number of hydrogen-bond donors (Lipinski definition) is 1. The van der Waals surface area contributed by atoms with E-state index in [1.807, 2.05) is 6.92 Å². The van der Waals surface area contributed by atoms with Crippen molar-refractivity contribution in [1.82, 2.24) is 5.32 Å². The highest BCUT2D eigenvalue weighted by molar-refractivity contribution is 5.92. The third-order valence-electron chi connectivity index (χ3n) is 4.06. The number of carbonyl (C=O) groups is 2. The van der Waals surface area contributed by atoms with E-state index in [1.165, 1.54) is 19.2 Å². The van der Waals surface area contributed by atoms with Gasteiger partial charge in [0.05, 0.1) is 25.3 Å². The molecule has 1 amide bonds. The van der Waals surface area contributed by atoms with Crippen molar-refractivity contribution in [1.29, 1.82) is 5.26 Å². The first-order chi connectivity index (χ1) is 11.9. The SMILES string of the molecule is CCOc1cc(C(=O)OCC(=O)N[C@](C)(C#N)C2CC2)ccc1OC. The zero-order valence-corrected chi connectivity index (χ0v) is 14.6. The van der Waals surface area contributed by atoms with Gasteiger partial charge in [0.15, 0.2) is 18.1 Å². The molecule has 0 heterocycles. The molecule has 0 saturated heterocycles. The van der Waals surface area contributed by atoms with Gasteiger partial charge in [0.1, 0.15) is 5.54 Å². The zero-order valence-electron chi connectivity index (χ0n) is 14.6. The van der Waals surface area contributed by atoms with Crippen molar-refractivity contribution in [2.45, 2.75) is 32.2 Å². The van der Waals surface area contributed by atoms with Crippen LogP contribution in [0, 0.1) is 17.2 Å². The van der Waals surface area contributed by atoms with Crippen LogP contribution in [0.2, 0.25) is 0 Å². The van der Waals surface area contributed by atoms with Gasteiger partial charge in [-0.05, 0) is 50.8 Å². The number of methoxy groups -OCH3 is 1. The van der Waals surface area contributed by atoms with Crippen LogP contribution in [0.5, 0.6) is 11.5 Å². The Morgan fingerprint density at radius 3 is 2.64 bits per heavy atom. The summed E-state index contributed by atoms with van der Waals surface area (Å²) in [6, 6.07) is 6.76. The van der Waals surface area contributed by atoms with Gasteiger partial charge in [-0.3, -0.25) is 4.79 Å². The van der Waals surface area contributed by atoms with E-state index in [2.05, 4.69) is 11.4 Å². The van der Waals surface area contributed by atoms with E-state index < -0.39 is 24.0 Å². The molecule has 1 N–H and O–H groups in total. The number of rotatable bonds is 8. The second kappa shape index (κ2) is 7.88. The predicted molar refractivity (Wildman–Crippen MR) is 89.3 cm³/mol. The molecule has 0 unspecified atom stereocenters. The quantitative estimate of drug-likeness (QED) is 0.724. The molecular weight excluding hydrogens is 324 g/mol. The van der Waals surface area contributed by atoms with Gasteiger partial charge in [-0.2, -0.15) is 5.26 Å². The lowest BCUT2D eigenvalue weighted by atomic mass is 9.98. The van der Waals surface area contributed by atoms with Gasteiger partial charge in [0, 0.05) is 0 Å². The molecule has 1 aromatic rings. The summed E-state index contributed by atoms with van der Waals surface area (Å²) >= 11 is 0. The molecule has 1 atom stereocenters. The van der Waals surface area contributed by atoms with Gasteiger partial charge in [-0.15, -0.1) is 0 Å². The maximum Gasteiger partial charge on any atom is 0.338 e. The van der Waals surface area contributed by atoms with Crippen molar-refractivity contribution in [2.24, 2.45) is 5.92 Å². The minimum atomic E-state index is -0.911. The monoisotopic (exact) mass is 346 g/mol. The first-order valence-corrected chi connectivity index (χ1v) is 8.13. The number of benzene rings is 1. The van der Waals surface area contributed by atoms with E-state index in [0.717, 1.165) is 12.8 Å². The molecule has 25 heavy (non-hydrogen) atoms. The first-order valence-electron chi connectivity index (χ1n) is 8.13. The predicted octanol–water partition coefficient (Wildman–Crippen LogP) is 2.06. The number of carbonyl (C=O) groups excluding carboxylic acids is 2. The Kier molecular flexibility index (Phi) is 5.86. The molecule has 0 aromatic heterocycles. The normalized spacial score (nSPS) is 15.4. The Labute approximate surface area is 146 Å². The maximum absolute atomic E-state index is 12.1. The minimum Gasteiger partial charge on any atom is -0.493 e. The molecular formula is C18H22N2O5. The van der Waals surface area contributed by atoms with Crippen LogP contribution in [-0.4, -0.2) is 37.7 Å². The molecule has 7 nitrogen and oxygen atoms in total. The molecule has 1 aliphatic carbocycles. The molecule has 134 valence electrons. The van der Waals surface area contributed by atoms with Crippen LogP contribution in [0.25, 0.3) is 0 Å². The fraction of sp³-hybridized carbons (Fsp3) is 0.500. The average Bonchev–Trinajstić information content (AvgIpc) is 3.45. The number of nitrogens with one attached hydrogen (secondary N) is 1. The smallest absolute Gasteiger partial charge is 0.338 e. The summed E-state index contributed by atoms with van der Waals surface area (Å²) in [6.45, 7) is 3.48. The topological polar surface area (TPSA) is 97.6 Å². The number of nitrogens with zero attached hydrogens (tertiary/aromatic N) is 1. The molecule has 0 bridgehead atoms. The molecule has 0 spiro atoms. The van der Waals surface area contributed by atoms with Crippen LogP contribution < -0.4 is 14.8 Å². The molecule has 1 fully saturated rings. The molecule has 1 aliphatic rings. The molecule has 0 aliphatic heterocycles. The van der Waals surface area contributed by atoms with E-state index >= 15 is 0 Å². The number of nitriles is 1. The number of ether oxygens (including phenoxy) is 3. The lowest BCUT2D eigenvalue weighted by molar-refractivity contribution is -0.125. The summed E-state index contributed by atoms with van der Waals surface area (Å²) in [6.07, 6.45) is 1.83.